The van der Waals surface area contributed by atoms with Crippen LogP contribution in [-0.2, 0) is 19.1 Å². The summed E-state index contributed by atoms with van der Waals surface area (Å²) in [7, 11) is 1.44. The number of aliphatic hydroxyl groups excluding tert-OH is 2. The predicted molar refractivity (Wildman–Crippen MR) is 145 cm³/mol. The normalized spacial score (nSPS) is 22.9. The van der Waals surface area contributed by atoms with Crippen molar-refractivity contribution in [2.45, 2.75) is 50.5 Å². The molecule has 1 aliphatic heterocycles. The lowest BCUT2D eigenvalue weighted by atomic mass is 9.88. The van der Waals surface area contributed by atoms with Crippen LogP contribution in [0.4, 0.5) is 0 Å². The molecule has 1 aromatic rings. The predicted octanol–water partition coefficient (Wildman–Crippen LogP) is 1.07. The molecule has 1 fully saturated rings. The first-order valence-electron chi connectivity index (χ1n) is 12.6. The first-order valence-corrected chi connectivity index (χ1v) is 13.7. The van der Waals surface area contributed by atoms with Gasteiger partial charge in [0.25, 0.3) is 0 Å². The van der Waals surface area contributed by atoms with Gasteiger partial charge in [-0.25, -0.2) is 0 Å². The van der Waals surface area contributed by atoms with E-state index in [2.05, 4.69) is 5.32 Å². The number of nitrogens with one attached hydrogen (secondary N) is 1. The van der Waals surface area contributed by atoms with Crippen molar-refractivity contribution in [3.05, 3.63) is 32.9 Å². The number of rotatable bonds is 13. The van der Waals surface area contributed by atoms with Crippen LogP contribution < -0.4 is 14.8 Å². The monoisotopic (exact) mass is 646 g/mol. The summed E-state index contributed by atoms with van der Waals surface area (Å²) in [5.41, 5.74) is 0.698. The second-order valence-electron chi connectivity index (χ2n) is 8.99. The van der Waals surface area contributed by atoms with Gasteiger partial charge < -0.3 is 39.4 Å². The Morgan fingerprint density at radius 1 is 1.34 bits per heavy atom. The average Bonchev–Trinajstić information content (AvgIpc) is 3.44. The molecule has 1 aromatic carbocycles. The smallest absolute Gasteiger partial charge is 0.249 e. The number of hydrogen-bond acceptors (Lipinski definition) is 9. The topological polar surface area (TPSA) is 144 Å². The number of aliphatic hydroxyl groups is 2. The SMILES string of the molecule is CCOCC(=O)N(C[C@H]1CCCO1)[C@@H]1CC(C(=O)NCCO)=C[C@H](Oc2c(I)cc(C=O)cc2OC)[C@H]1O. The molecule has 2 aliphatic rings. The summed E-state index contributed by atoms with van der Waals surface area (Å²) in [6, 6.07) is 2.33. The molecule has 210 valence electrons. The third-order valence-corrected chi connectivity index (χ3v) is 7.23. The van der Waals surface area contributed by atoms with Crippen molar-refractivity contribution in [3.63, 3.8) is 0 Å². The van der Waals surface area contributed by atoms with E-state index in [1.165, 1.54) is 24.2 Å². The molecule has 0 unspecified atom stereocenters. The molecular weight excluding hydrogens is 611 g/mol. The average molecular weight is 646 g/mol. The maximum Gasteiger partial charge on any atom is 0.249 e. The van der Waals surface area contributed by atoms with Gasteiger partial charge in [0.1, 0.15) is 25.1 Å². The van der Waals surface area contributed by atoms with E-state index in [0.717, 1.165) is 12.8 Å². The number of benzene rings is 1. The lowest BCUT2D eigenvalue weighted by Gasteiger charge is -2.41. The zero-order chi connectivity index (χ0) is 27.7. The highest BCUT2D eigenvalue weighted by Gasteiger charge is 2.42. The third-order valence-electron chi connectivity index (χ3n) is 6.43. The van der Waals surface area contributed by atoms with Gasteiger partial charge in [-0.15, -0.1) is 0 Å². The van der Waals surface area contributed by atoms with Crippen LogP contribution in [0.3, 0.4) is 0 Å². The Morgan fingerprint density at radius 3 is 2.76 bits per heavy atom. The van der Waals surface area contributed by atoms with E-state index in [4.69, 9.17) is 24.1 Å². The van der Waals surface area contributed by atoms with Gasteiger partial charge in [0.05, 0.1) is 29.4 Å². The van der Waals surface area contributed by atoms with Crippen molar-refractivity contribution in [1.29, 1.82) is 0 Å². The number of carbonyl (C=O) groups is 3. The second-order valence-corrected chi connectivity index (χ2v) is 10.1. The number of aldehydes is 1. The quantitative estimate of drug-likeness (QED) is 0.212. The van der Waals surface area contributed by atoms with Crippen molar-refractivity contribution in [3.8, 4) is 11.5 Å². The molecule has 1 aliphatic carbocycles. The van der Waals surface area contributed by atoms with E-state index < -0.39 is 24.2 Å². The van der Waals surface area contributed by atoms with E-state index in [-0.39, 0.29) is 50.5 Å². The summed E-state index contributed by atoms with van der Waals surface area (Å²) in [4.78, 5) is 39.0. The number of hydrogen-bond donors (Lipinski definition) is 3. The van der Waals surface area contributed by atoms with Crippen LogP contribution >= 0.6 is 22.6 Å². The molecule has 38 heavy (non-hydrogen) atoms. The van der Waals surface area contributed by atoms with Crippen LogP contribution in [-0.4, -0.2) is 104 Å². The summed E-state index contributed by atoms with van der Waals surface area (Å²) >= 11 is 2.00. The van der Waals surface area contributed by atoms with Gasteiger partial charge in [-0.2, -0.15) is 0 Å². The highest BCUT2D eigenvalue weighted by molar-refractivity contribution is 14.1. The van der Waals surface area contributed by atoms with E-state index in [9.17, 15) is 19.5 Å². The Balaban J connectivity index is 1.98. The van der Waals surface area contributed by atoms with Crippen LogP contribution in [0.15, 0.2) is 23.8 Å². The van der Waals surface area contributed by atoms with Crippen molar-refractivity contribution in [2.24, 2.45) is 0 Å². The summed E-state index contributed by atoms with van der Waals surface area (Å²) in [6.45, 7) is 2.61. The minimum absolute atomic E-state index is 0.0523. The number of halogens is 1. The molecule has 0 bridgehead atoms. The molecule has 0 aromatic heterocycles. The largest absolute Gasteiger partial charge is 0.493 e. The van der Waals surface area contributed by atoms with Crippen molar-refractivity contribution in [2.75, 3.05) is 46.6 Å². The van der Waals surface area contributed by atoms with Crippen LogP contribution in [0, 0.1) is 3.57 Å². The van der Waals surface area contributed by atoms with Crippen molar-refractivity contribution >= 4 is 40.7 Å². The number of carbonyl (C=O) groups excluding carboxylic acids is 3. The fraction of sp³-hybridized carbons (Fsp3) is 0.577. The minimum atomic E-state index is -1.21. The highest BCUT2D eigenvalue weighted by atomic mass is 127. The van der Waals surface area contributed by atoms with Crippen LogP contribution in [0.1, 0.15) is 36.5 Å². The minimum Gasteiger partial charge on any atom is -0.493 e. The van der Waals surface area contributed by atoms with E-state index in [1.54, 1.807) is 13.0 Å². The standard InChI is InChI=1S/C26H35IN2O9/c1-3-36-15-23(32)29(13-18-5-4-8-37-18)20-11-17(26(34)28-6-7-30)12-21(24(20)33)38-25-19(27)9-16(14-31)10-22(25)35-2/h9-10,12,14,18,20-21,24,30,33H,3-8,11,13,15H2,1-2H3,(H,28,34)/t18-,20-,21+,24+/m1/s1. The lowest BCUT2D eigenvalue weighted by molar-refractivity contribution is -0.145. The van der Waals surface area contributed by atoms with Gasteiger partial charge in [0.15, 0.2) is 11.5 Å². The van der Waals surface area contributed by atoms with Gasteiger partial charge in [-0.1, -0.05) is 0 Å². The fourth-order valence-corrected chi connectivity index (χ4v) is 5.29. The van der Waals surface area contributed by atoms with Crippen LogP contribution in [0.25, 0.3) is 0 Å². The molecule has 0 spiro atoms. The Morgan fingerprint density at radius 2 is 2.13 bits per heavy atom. The second kappa shape index (κ2) is 14.8. The summed E-state index contributed by atoms with van der Waals surface area (Å²) in [6.07, 6.45) is 1.51. The van der Waals surface area contributed by atoms with Gasteiger partial charge in [0.2, 0.25) is 11.8 Å². The van der Waals surface area contributed by atoms with E-state index in [0.29, 0.717) is 40.0 Å². The molecule has 3 rings (SSSR count). The molecule has 4 atom stereocenters. The maximum atomic E-state index is 13.3. The molecule has 1 heterocycles. The number of ether oxygens (including phenoxy) is 4. The summed E-state index contributed by atoms with van der Waals surface area (Å²) in [5.74, 6) is -0.181. The van der Waals surface area contributed by atoms with Crippen molar-refractivity contribution in [1.82, 2.24) is 10.2 Å². The molecule has 0 saturated carbocycles. The van der Waals surface area contributed by atoms with E-state index in [1.807, 2.05) is 22.6 Å². The van der Waals surface area contributed by atoms with Crippen LogP contribution in [0.5, 0.6) is 11.5 Å². The Kier molecular flexibility index (Phi) is 11.8. The Hall–Kier alpha value is -2.26. The molecule has 11 nitrogen and oxygen atoms in total. The van der Waals surface area contributed by atoms with Gasteiger partial charge in [-0.05, 0) is 60.6 Å². The fourth-order valence-electron chi connectivity index (χ4n) is 4.54. The number of nitrogens with zero attached hydrogens (tertiary/aromatic N) is 1. The summed E-state index contributed by atoms with van der Waals surface area (Å²) in [5, 5.41) is 23.3. The molecule has 12 heteroatoms. The van der Waals surface area contributed by atoms with Gasteiger partial charge in [-0.3, -0.25) is 14.4 Å². The lowest BCUT2D eigenvalue weighted by Crippen LogP contribution is -2.57. The summed E-state index contributed by atoms with van der Waals surface area (Å²) < 4.78 is 23.3. The van der Waals surface area contributed by atoms with E-state index >= 15 is 0 Å². The third kappa shape index (κ3) is 7.65. The molecule has 2 amide bonds. The molecular formula is C26H35IN2O9. The Labute approximate surface area is 235 Å². The zero-order valence-corrected chi connectivity index (χ0v) is 23.7. The molecule has 0 radical (unpaired) electrons. The zero-order valence-electron chi connectivity index (χ0n) is 21.6. The van der Waals surface area contributed by atoms with Crippen LogP contribution in [0.2, 0.25) is 0 Å². The van der Waals surface area contributed by atoms with Crippen molar-refractivity contribution < 1.29 is 43.5 Å². The maximum absolute atomic E-state index is 13.3. The van der Waals surface area contributed by atoms with Gasteiger partial charge in [0, 0.05) is 43.9 Å². The number of amides is 2. The highest BCUT2D eigenvalue weighted by Crippen LogP contribution is 2.37. The first kappa shape index (κ1) is 30.3. The molecule has 1 saturated heterocycles. The molecule has 3 N–H and O–H groups in total. The van der Waals surface area contributed by atoms with Gasteiger partial charge >= 0.3 is 0 Å². The number of methoxy groups -OCH3 is 1. The first-order chi connectivity index (χ1) is 18.3. The Bertz CT molecular complexity index is 1010.